The van der Waals surface area contributed by atoms with E-state index in [0.717, 1.165) is 19.3 Å². The lowest BCUT2D eigenvalue weighted by Gasteiger charge is -2.37. The van der Waals surface area contributed by atoms with Crippen molar-refractivity contribution in [1.29, 1.82) is 0 Å². The van der Waals surface area contributed by atoms with Gasteiger partial charge in [-0.2, -0.15) is 0 Å². The molecule has 120 valence electrons. The zero-order chi connectivity index (χ0) is 15.7. The average molecular weight is 303 g/mol. The molecule has 2 saturated heterocycles. The predicted molar refractivity (Wildman–Crippen MR) is 84.3 cm³/mol. The van der Waals surface area contributed by atoms with Crippen molar-refractivity contribution >= 4 is 5.97 Å². The summed E-state index contributed by atoms with van der Waals surface area (Å²) in [6.07, 6.45) is 2.97. The van der Waals surface area contributed by atoms with Crippen LogP contribution in [-0.4, -0.2) is 40.3 Å². The summed E-state index contributed by atoms with van der Waals surface area (Å²) in [6.45, 7) is 3.65. The Morgan fingerprint density at radius 3 is 2.55 bits per heavy atom. The van der Waals surface area contributed by atoms with Crippen LogP contribution >= 0.6 is 0 Å². The van der Waals surface area contributed by atoms with Gasteiger partial charge < -0.3 is 9.84 Å². The van der Waals surface area contributed by atoms with E-state index in [1.54, 1.807) is 0 Å². The van der Waals surface area contributed by atoms with E-state index in [4.69, 9.17) is 4.74 Å². The Morgan fingerprint density at radius 1 is 1.18 bits per heavy atom. The normalized spacial score (nSPS) is 33.2. The second kappa shape index (κ2) is 6.39. The number of carbonyl (C=O) groups is 1. The number of hydrogen-bond acceptors (Lipinski definition) is 4. The molecule has 2 heterocycles. The quantitative estimate of drug-likeness (QED) is 0.872. The molecule has 4 nitrogen and oxygen atoms in total. The molecule has 4 heteroatoms. The largest absolute Gasteiger partial charge is 0.461 e. The van der Waals surface area contributed by atoms with Crippen LogP contribution in [0.3, 0.4) is 0 Å². The Labute approximate surface area is 132 Å². The maximum atomic E-state index is 11.4. The first kappa shape index (κ1) is 15.5. The molecule has 1 aromatic carbocycles. The predicted octanol–water partition coefficient (Wildman–Crippen LogP) is 2.67. The third kappa shape index (κ3) is 2.90. The summed E-state index contributed by atoms with van der Waals surface area (Å²) in [5.74, 6) is -0.225. The fourth-order valence-corrected chi connectivity index (χ4v) is 4.20. The molecule has 2 aliphatic heterocycles. The maximum Gasteiger partial charge on any atom is 0.302 e. The zero-order valence-corrected chi connectivity index (χ0v) is 13.3. The van der Waals surface area contributed by atoms with Gasteiger partial charge >= 0.3 is 5.97 Å². The fourth-order valence-electron chi connectivity index (χ4n) is 4.20. The molecule has 0 aliphatic carbocycles. The van der Waals surface area contributed by atoms with Crippen LogP contribution in [0.1, 0.15) is 51.1 Å². The first-order valence-electron chi connectivity index (χ1n) is 8.25. The van der Waals surface area contributed by atoms with Gasteiger partial charge in [-0.05, 0) is 38.2 Å². The van der Waals surface area contributed by atoms with E-state index >= 15 is 0 Å². The second-order valence-corrected chi connectivity index (χ2v) is 6.54. The van der Waals surface area contributed by atoms with Crippen molar-refractivity contribution in [3.63, 3.8) is 0 Å². The number of aliphatic hydroxyl groups is 1. The van der Waals surface area contributed by atoms with Gasteiger partial charge in [0.15, 0.2) is 0 Å². The van der Waals surface area contributed by atoms with Gasteiger partial charge in [0.1, 0.15) is 6.10 Å². The molecule has 1 N–H and O–H groups in total. The number of aliphatic hydroxyl groups excluding tert-OH is 1. The van der Waals surface area contributed by atoms with Crippen molar-refractivity contribution in [2.24, 2.45) is 0 Å². The van der Waals surface area contributed by atoms with Crippen molar-refractivity contribution in [2.75, 3.05) is 0 Å². The highest BCUT2D eigenvalue weighted by molar-refractivity contribution is 5.66. The summed E-state index contributed by atoms with van der Waals surface area (Å²) in [5, 5.41) is 10.5. The van der Waals surface area contributed by atoms with E-state index in [1.165, 1.54) is 12.5 Å². The molecule has 2 bridgehead atoms. The molecule has 0 spiro atoms. The molecule has 5 atom stereocenters. The third-order valence-electron chi connectivity index (χ3n) is 5.19. The van der Waals surface area contributed by atoms with Crippen LogP contribution in [0.2, 0.25) is 0 Å². The van der Waals surface area contributed by atoms with E-state index in [9.17, 15) is 9.90 Å². The molecule has 0 radical (unpaired) electrons. The highest BCUT2D eigenvalue weighted by Crippen LogP contribution is 2.41. The van der Waals surface area contributed by atoms with Crippen LogP contribution in [0.5, 0.6) is 0 Å². The first-order chi connectivity index (χ1) is 10.6. The minimum absolute atomic E-state index is 0.106. The van der Waals surface area contributed by atoms with Crippen LogP contribution in [0, 0.1) is 0 Å². The van der Waals surface area contributed by atoms with E-state index in [2.05, 4.69) is 24.0 Å². The van der Waals surface area contributed by atoms with Crippen LogP contribution < -0.4 is 0 Å². The minimum Gasteiger partial charge on any atom is -0.461 e. The van der Waals surface area contributed by atoms with Crippen molar-refractivity contribution in [3.8, 4) is 0 Å². The number of benzene rings is 1. The van der Waals surface area contributed by atoms with E-state index in [0.29, 0.717) is 6.42 Å². The highest BCUT2D eigenvalue weighted by atomic mass is 16.5. The molecule has 22 heavy (non-hydrogen) atoms. The van der Waals surface area contributed by atoms with Crippen molar-refractivity contribution in [2.45, 2.75) is 69.9 Å². The monoisotopic (exact) mass is 303 g/mol. The molecule has 2 fully saturated rings. The lowest BCUT2D eigenvalue weighted by atomic mass is 9.96. The summed E-state index contributed by atoms with van der Waals surface area (Å²) < 4.78 is 5.57. The second-order valence-electron chi connectivity index (χ2n) is 6.54. The minimum atomic E-state index is -0.336. The van der Waals surface area contributed by atoms with Crippen molar-refractivity contribution in [1.82, 2.24) is 4.90 Å². The third-order valence-corrected chi connectivity index (χ3v) is 5.19. The lowest BCUT2D eigenvalue weighted by molar-refractivity contribution is -0.150. The zero-order valence-electron chi connectivity index (χ0n) is 13.3. The first-order valence-corrected chi connectivity index (χ1v) is 8.25. The smallest absolute Gasteiger partial charge is 0.302 e. The summed E-state index contributed by atoms with van der Waals surface area (Å²) in [5.41, 5.74) is 1.25. The van der Waals surface area contributed by atoms with Gasteiger partial charge in [0, 0.05) is 25.0 Å². The number of ether oxygens (including phenoxy) is 1. The molecule has 3 rings (SSSR count). The van der Waals surface area contributed by atoms with Crippen LogP contribution in [0.15, 0.2) is 30.3 Å². The topological polar surface area (TPSA) is 49.8 Å². The molecule has 0 aromatic heterocycles. The summed E-state index contributed by atoms with van der Waals surface area (Å²) in [6, 6.07) is 11.0. The number of fused-ring (bicyclic) bond motifs is 2. The number of carbonyl (C=O) groups excluding carboxylic acids is 1. The molecule has 0 amide bonds. The van der Waals surface area contributed by atoms with Gasteiger partial charge in [-0.3, -0.25) is 9.69 Å². The number of hydrogen-bond donors (Lipinski definition) is 1. The Hall–Kier alpha value is -1.39. The molecular weight excluding hydrogens is 278 g/mol. The van der Waals surface area contributed by atoms with Crippen LogP contribution in [0.4, 0.5) is 0 Å². The Kier molecular flexibility index (Phi) is 4.50. The van der Waals surface area contributed by atoms with Crippen LogP contribution in [-0.2, 0) is 9.53 Å². The van der Waals surface area contributed by atoms with Gasteiger partial charge in [-0.15, -0.1) is 0 Å². The average Bonchev–Trinajstić information content (AvgIpc) is 2.90. The SMILES string of the molecule is CC(=O)OC1CC[C@H](O)[C@@H]2CC[C@H]1N2[C@H](C)c1ccccc1. The highest BCUT2D eigenvalue weighted by Gasteiger charge is 2.47. The fraction of sp³-hybridized carbons (Fsp3) is 0.611. The van der Waals surface area contributed by atoms with Gasteiger partial charge in [0.25, 0.3) is 0 Å². The van der Waals surface area contributed by atoms with Crippen molar-refractivity contribution in [3.05, 3.63) is 35.9 Å². The summed E-state index contributed by atoms with van der Waals surface area (Å²) >= 11 is 0. The molecular formula is C18H25NO3. The van der Waals surface area contributed by atoms with Gasteiger partial charge in [-0.1, -0.05) is 30.3 Å². The van der Waals surface area contributed by atoms with E-state index in [1.807, 2.05) is 18.2 Å². The molecule has 1 unspecified atom stereocenters. The molecule has 0 saturated carbocycles. The standard InChI is InChI=1S/C18H25NO3/c1-12(14-6-4-3-5-7-14)19-15-8-9-16(19)18(22-13(2)20)11-10-17(15)21/h3-7,12,15-18,21H,8-11H2,1-2H3/t12-,15+,16-,17+,18?/m1/s1. The maximum absolute atomic E-state index is 11.4. The Morgan fingerprint density at radius 2 is 1.86 bits per heavy atom. The van der Waals surface area contributed by atoms with Crippen molar-refractivity contribution < 1.29 is 14.6 Å². The van der Waals surface area contributed by atoms with E-state index in [-0.39, 0.29) is 36.3 Å². The molecule has 2 aliphatic rings. The Bertz CT molecular complexity index is 518. The lowest BCUT2D eigenvalue weighted by Crippen LogP contribution is -2.46. The number of nitrogens with zero attached hydrogens (tertiary/aromatic N) is 1. The molecule has 1 aromatic rings. The van der Waals surface area contributed by atoms with Gasteiger partial charge in [0.2, 0.25) is 0 Å². The summed E-state index contributed by atoms with van der Waals surface area (Å²) in [7, 11) is 0. The van der Waals surface area contributed by atoms with E-state index < -0.39 is 0 Å². The number of rotatable bonds is 3. The summed E-state index contributed by atoms with van der Waals surface area (Å²) in [4.78, 5) is 13.8. The van der Waals surface area contributed by atoms with Gasteiger partial charge in [-0.25, -0.2) is 0 Å². The van der Waals surface area contributed by atoms with Crippen LogP contribution in [0.25, 0.3) is 0 Å². The Balaban J connectivity index is 1.88. The van der Waals surface area contributed by atoms with Gasteiger partial charge in [0.05, 0.1) is 6.10 Å². The number of esters is 1.